The van der Waals surface area contributed by atoms with Gasteiger partial charge in [-0.15, -0.1) is 0 Å². The molecule has 0 saturated carbocycles. The molecule has 0 heterocycles. The minimum Gasteiger partial charge on any atom is -0.462 e. The van der Waals surface area contributed by atoms with Crippen molar-refractivity contribution in [2.45, 2.75) is 39.5 Å². The molecular formula is C12H20O6. The molecule has 0 aliphatic heterocycles. The number of carbonyl (C=O) groups excluding carboxylic acids is 3. The molecule has 0 saturated heterocycles. The molecule has 6 nitrogen and oxygen atoms in total. The van der Waals surface area contributed by atoms with Crippen LogP contribution in [0.4, 0.5) is 0 Å². The summed E-state index contributed by atoms with van der Waals surface area (Å²) in [5.74, 6) is -1.39. The van der Waals surface area contributed by atoms with Crippen molar-refractivity contribution < 1.29 is 28.6 Å². The van der Waals surface area contributed by atoms with E-state index in [9.17, 15) is 14.4 Å². The highest BCUT2D eigenvalue weighted by Gasteiger charge is 2.08. The summed E-state index contributed by atoms with van der Waals surface area (Å²) < 4.78 is 14.1. The first kappa shape index (κ1) is 16.4. The van der Waals surface area contributed by atoms with Gasteiger partial charge in [0.2, 0.25) is 0 Å². The van der Waals surface area contributed by atoms with E-state index in [0.29, 0.717) is 19.3 Å². The second-order valence-electron chi connectivity index (χ2n) is 3.60. The first-order chi connectivity index (χ1) is 8.60. The average molecular weight is 260 g/mol. The van der Waals surface area contributed by atoms with E-state index < -0.39 is 18.5 Å². The Kier molecular flexibility index (Phi) is 9.62. The number of hydrogen-bond donors (Lipinski definition) is 0. The summed E-state index contributed by atoms with van der Waals surface area (Å²) >= 11 is 0. The van der Waals surface area contributed by atoms with E-state index in [1.807, 2.05) is 13.8 Å². The maximum atomic E-state index is 11.1. The zero-order valence-electron chi connectivity index (χ0n) is 10.9. The molecule has 0 rings (SSSR count). The largest absolute Gasteiger partial charge is 0.462 e. The molecule has 0 aromatic heterocycles. The molecule has 0 spiro atoms. The normalized spacial score (nSPS) is 9.67. The molecule has 0 aliphatic rings. The molecule has 0 fully saturated rings. The third-order valence-electron chi connectivity index (χ3n) is 1.87. The third-order valence-corrected chi connectivity index (χ3v) is 1.87. The lowest BCUT2D eigenvalue weighted by atomic mass is 10.3. The second kappa shape index (κ2) is 10.6. The van der Waals surface area contributed by atoms with Gasteiger partial charge in [0.05, 0.1) is 0 Å². The van der Waals surface area contributed by atoms with Crippen molar-refractivity contribution in [3.8, 4) is 0 Å². The number of rotatable bonds is 9. The molecule has 0 N–H and O–H groups in total. The highest BCUT2D eigenvalue weighted by molar-refractivity contribution is 5.76. The van der Waals surface area contributed by atoms with Crippen LogP contribution in [0.25, 0.3) is 0 Å². The number of carbonyl (C=O) groups is 3. The fourth-order valence-electron chi connectivity index (χ4n) is 1.04. The highest BCUT2D eigenvalue weighted by Crippen LogP contribution is 1.93. The molecule has 0 unspecified atom stereocenters. The molecule has 0 amide bonds. The Balaban J connectivity index is 3.48. The Morgan fingerprint density at radius 3 is 1.67 bits per heavy atom. The van der Waals surface area contributed by atoms with Crippen molar-refractivity contribution >= 4 is 17.9 Å². The van der Waals surface area contributed by atoms with Crippen molar-refractivity contribution in [3.05, 3.63) is 0 Å². The van der Waals surface area contributed by atoms with Crippen molar-refractivity contribution in [1.82, 2.24) is 0 Å². The fraction of sp³-hybridized carbons (Fsp3) is 0.750. The minimum atomic E-state index is -0.647. The SMILES string of the molecule is CCCC(=O)OCCOC(=O)COC(=O)CCC. The van der Waals surface area contributed by atoms with Gasteiger partial charge < -0.3 is 14.2 Å². The Morgan fingerprint density at radius 1 is 0.722 bits per heavy atom. The fourth-order valence-corrected chi connectivity index (χ4v) is 1.04. The van der Waals surface area contributed by atoms with Crippen LogP contribution in [0.1, 0.15) is 39.5 Å². The van der Waals surface area contributed by atoms with Crippen LogP contribution in [0.2, 0.25) is 0 Å². The van der Waals surface area contributed by atoms with E-state index in [1.54, 1.807) is 0 Å². The molecule has 0 aromatic carbocycles. The summed E-state index contributed by atoms with van der Waals surface area (Å²) in [4.78, 5) is 33.0. The van der Waals surface area contributed by atoms with Crippen LogP contribution >= 0.6 is 0 Å². The van der Waals surface area contributed by atoms with Crippen molar-refractivity contribution in [3.63, 3.8) is 0 Å². The zero-order chi connectivity index (χ0) is 13.8. The summed E-state index contributed by atoms with van der Waals surface area (Å²) in [7, 11) is 0. The van der Waals surface area contributed by atoms with Crippen LogP contribution in [0.3, 0.4) is 0 Å². The molecule has 18 heavy (non-hydrogen) atoms. The number of ether oxygens (including phenoxy) is 3. The van der Waals surface area contributed by atoms with Gasteiger partial charge in [-0.25, -0.2) is 4.79 Å². The average Bonchev–Trinajstić information content (AvgIpc) is 2.33. The van der Waals surface area contributed by atoms with Gasteiger partial charge in [-0.3, -0.25) is 9.59 Å². The molecule has 104 valence electrons. The van der Waals surface area contributed by atoms with Crippen molar-refractivity contribution in [1.29, 1.82) is 0 Å². The van der Waals surface area contributed by atoms with Crippen LogP contribution in [0.5, 0.6) is 0 Å². The first-order valence-electron chi connectivity index (χ1n) is 6.07. The van der Waals surface area contributed by atoms with Gasteiger partial charge in [0.15, 0.2) is 6.61 Å². The minimum absolute atomic E-state index is 0.0213. The molecule has 0 atom stereocenters. The van der Waals surface area contributed by atoms with E-state index in [4.69, 9.17) is 9.47 Å². The van der Waals surface area contributed by atoms with E-state index in [0.717, 1.165) is 0 Å². The maximum absolute atomic E-state index is 11.1. The van der Waals surface area contributed by atoms with Gasteiger partial charge in [-0.05, 0) is 12.8 Å². The predicted molar refractivity (Wildman–Crippen MR) is 62.7 cm³/mol. The van der Waals surface area contributed by atoms with Gasteiger partial charge in [-0.2, -0.15) is 0 Å². The standard InChI is InChI=1S/C12H20O6/c1-3-5-10(13)16-7-8-17-12(15)9-18-11(14)6-4-2/h3-9H2,1-2H3. The van der Waals surface area contributed by atoms with E-state index in [2.05, 4.69) is 4.74 Å². The summed E-state index contributed by atoms with van der Waals surface area (Å²) in [5, 5.41) is 0. The molecular weight excluding hydrogens is 240 g/mol. The Morgan fingerprint density at radius 2 is 1.17 bits per heavy atom. The van der Waals surface area contributed by atoms with E-state index in [1.165, 1.54) is 0 Å². The first-order valence-corrected chi connectivity index (χ1v) is 6.07. The second-order valence-corrected chi connectivity index (χ2v) is 3.60. The Hall–Kier alpha value is -1.59. The molecule has 0 bridgehead atoms. The topological polar surface area (TPSA) is 78.9 Å². The predicted octanol–water partition coefficient (Wildman–Crippen LogP) is 1.22. The quantitative estimate of drug-likeness (QED) is 0.352. The van der Waals surface area contributed by atoms with Crippen molar-refractivity contribution in [2.75, 3.05) is 19.8 Å². The zero-order valence-corrected chi connectivity index (χ0v) is 10.9. The van der Waals surface area contributed by atoms with Crippen LogP contribution in [0, 0.1) is 0 Å². The van der Waals surface area contributed by atoms with Crippen LogP contribution in [-0.2, 0) is 28.6 Å². The Labute approximate surface area is 107 Å². The Bertz CT molecular complexity index is 274. The summed E-state index contributed by atoms with van der Waals surface area (Å²) in [6, 6.07) is 0. The van der Waals surface area contributed by atoms with E-state index >= 15 is 0 Å². The third kappa shape index (κ3) is 9.62. The summed E-state index contributed by atoms with van der Waals surface area (Å²) in [5.41, 5.74) is 0. The van der Waals surface area contributed by atoms with Gasteiger partial charge >= 0.3 is 17.9 Å². The highest BCUT2D eigenvalue weighted by atomic mass is 16.6. The lowest BCUT2D eigenvalue weighted by molar-refractivity contribution is -0.161. The van der Waals surface area contributed by atoms with Gasteiger partial charge in [0, 0.05) is 12.8 Å². The molecule has 0 aromatic rings. The number of hydrogen-bond acceptors (Lipinski definition) is 6. The van der Waals surface area contributed by atoms with Crippen LogP contribution in [0.15, 0.2) is 0 Å². The molecule has 6 heteroatoms. The maximum Gasteiger partial charge on any atom is 0.344 e. The smallest absolute Gasteiger partial charge is 0.344 e. The lowest BCUT2D eigenvalue weighted by Crippen LogP contribution is -2.19. The van der Waals surface area contributed by atoms with Gasteiger partial charge in [0.25, 0.3) is 0 Å². The van der Waals surface area contributed by atoms with Gasteiger partial charge in [-0.1, -0.05) is 13.8 Å². The monoisotopic (exact) mass is 260 g/mol. The molecule has 0 radical (unpaired) electrons. The number of esters is 3. The summed E-state index contributed by atoms with van der Waals surface area (Å²) in [6.07, 6.45) is 2.01. The van der Waals surface area contributed by atoms with Crippen molar-refractivity contribution in [2.24, 2.45) is 0 Å². The van der Waals surface area contributed by atoms with E-state index in [-0.39, 0.29) is 25.6 Å². The molecule has 0 aliphatic carbocycles. The van der Waals surface area contributed by atoms with Gasteiger partial charge in [0.1, 0.15) is 13.2 Å². The lowest BCUT2D eigenvalue weighted by Gasteiger charge is -2.06. The van der Waals surface area contributed by atoms with Crippen LogP contribution in [-0.4, -0.2) is 37.7 Å². The van der Waals surface area contributed by atoms with Crippen LogP contribution < -0.4 is 0 Å². The summed E-state index contributed by atoms with van der Waals surface area (Å²) in [6.45, 7) is 3.30.